The zero-order valence-corrected chi connectivity index (χ0v) is 11.6. The van der Waals surface area contributed by atoms with Gasteiger partial charge in [-0.1, -0.05) is 25.1 Å². The molecule has 2 N–H and O–H groups in total. The first-order valence-corrected chi connectivity index (χ1v) is 7.48. The number of carbonyl (C=O) groups is 3. The van der Waals surface area contributed by atoms with Gasteiger partial charge >= 0.3 is 5.97 Å². The summed E-state index contributed by atoms with van der Waals surface area (Å²) in [6, 6.07) is -1.33. The number of nitrogens with one attached hydrogen (secondary N) is 1. The molecule has 0 aliphatic carbocycles. The van der Waals surface area contributed by atoms with Gasteiger partial charge in [-0.25, -0.2) is 4.79 Å². The molecular weight excluding hydrogens is 268 g/mol. The van der Waals surface area contributed by atoms with Crippen LogP contribution in [0.15, 0.2) is 0 Å². The van der Waals surface area contributed by atoms with E-state index in [1.54, 1.807) is 0 Å². The zero-order valence-electron chi connectivity index (χ0n) is 10.8. The molecule has 2 rings (SSSR count). The Morgan fingerprint density at radius 3 is 2.79 bits per heavy atom. The van der Waals surface area contributed by atoms with Gasteiger partial charge in [0.2, 0.25) is 5.91 Å². The van der Waals surface area contributed by atoms with E-state index < -0.39 is 18.1 Å². The van der Waals surface area contributed by atoms with Crippen LogP contribution in [-0.2, 0) is 9.59 Å². The lowest BCUT2D eigenvalue weighted by Gasteiger charge is -2.38. The molecule has 3 unspecified atom stereocenters. The lowest BCUT2D eigenvalue weighted by Crippen LogP contribution is -2.55. The standard InChI is InChI=1S/C12H18N2O4S/c1-2-7-3-4-14(9(5-7)11(16)17)10(15)8-6-19-12(18)13-8/h7-9H,2-6H2,1H3,(H,13,18)(H,16,17). The molecule has 2 fully saturated rings. The second kappa shape index (κ2) is 5.81. The third kappa shape index (κ3) is 3.02. The third-order valence-electron chi connectivity index (χ3n) is 3.83. The Balaban J connectivity index is 2.06. The molecule has 7 heteroatoms. The molecule has 106 valence electrons. The summed E-state index contributed by atoms with van der Waals surface area (Å²) in [5.74, 6) is -0.473. The molecule has 3 atom stereocenters. The molecule has 0 radical (unpaired) electrons. The van der Waals surface area contributed by atoms with Crippen molar-refractivity contribution >= 4 is 28.9 Å². The average molecular weight is 286 g/mol. The quantitative estimate of drug-likeness (QED) is 0.805. The minimum Gasteiger partial charge on any atom is -0.480 e. The number of nitrogens with zero attached hydrogens (tertiary/aromatic N) is 1. The number of rotatable bonds is 3. The third-order valence-corrected chi connectivity index (χ3v) is 4.71. The molecule has 2 aliphatic heterocycles. The van der Waals surface area contributed by atoms with Gasteiger partial charge in [0.1, 0.15) is 12.1 Å². The molecule has 0 aromatic rings. The van der Waals surface area contributed by atoms with E-state index in [0.29, 0.717) is 24.6 Å². The summed E-state index contributed by atoms with van der Waals surface area (Å²) in [7, 11) is 0. The highest BCUT2D eigenvalue weighted by Gasteiger charge is 2.40. The fourth-order valence-corrected chi connectivity index (χ4v) is 3.39. The van der Waals surface area contributed by atoms with Gasteiger partial charge in [-0.15, -0.1) is 0 Å². The van der Waals surface area contributed by atoms with Gasteiger partial charge in [0.15, 0.2) is 0 Å². The van der Waals surface area contributed by atoms with Crippen LogP contribution in [0.4, 0.5) is 4.79 Å². The number of carboxylic acids is 1. The summed E-state index contributed by atoms with van der Waals surface area (Å²) in [5.41, 5.74) is 0. The highest BCUT2D eigenvalue weighted by Crippen LogP contribution is 2.27. The van der Waals surface area contributed by atoms with Gasteiger partial charge in [-0.2, -0.15) is 0 Å². The highest BCUT2D eigenvalue weighted by atomic mass is 32.2. The summed E-state index contributed by atoms with van der Waals surface area (Å²) in [5, 5.41) is 11.6. The number of piperidine rings is 1. The molecule has 2 aliphatic rings. The number of likely N-dealkylation sites (tertiary alicyclic amines) is 1. The van der Waals surface area contributed by atoms with E-state index in [1.165, 1.54) is 4.90 Å². The molecule has 0 spiro atoms. The van der Waals surface area contributed by atoms with Gasteiger partial charge < -0.3 is 15.3 Å². The number of hydrogen-bond acceptors (Lipinski definition) is 4. The van der Waals surface area contributed by atoms with Crippen molar-refractivity contribution in [2.75, 3.05) is 12.3 Å². The van der Waals surface area contributed by atoms with E-state index in [4.69, 9.17) is 0 Å². The minimum atomic E-state index is -0.955. The molecule has 0 bridgehead atoms. The maximum atomic E-state index is 12.3. The van der Waals surface area contributed by atoms with Crippen LogP contribution in [-0.4, -0.2) is 51.5 Å². The normalized spacial score (nSPS) is 31.1. The van der Waals surface area contributed by atoms with Gasteiger partial charge in [-0.05, 0) is 18.8 Å². The number of thioether (sulfide) groups is 1. The lowest BCUT2D eigenvalue weighted by molar-refractivity contribution is -0.153. The number of amides is 2. The highest BCUT2D eigenvalue weighted by molar-refractivity contribution is 8.14. The van der Waals surface area contributed by atoms with Crippen molar-refractivity contribution < 1.29 is 19.5 Å². The van der Waals surface area contributed by atoms with E-state index in [-0.39, 0.29) is 11.1 Å². The largest absolute Gasteiger partial charge is 0.480 e. The molecular formula is C12H18N2O4S. The predicted molar refractivity (Wildman–Crippen MR) is 70.9 cm³/mol. The van der Waals surface area contributed by atoms with E-state index >= 15 is 0 Å². The summed E-state index contributed by atoms with van der Waals surface area (Å²) in [6.07, 6.45) is 2.27. The Bertz CT molecular complexity index is 401. The average Bonchev–Trinajstić information content (AvgIpc) is 2.83. The van der Waals surface area contributed by atoms with Crippen molar-refractivity contribution in [3.8, 4) is 0 Å². The molecule has 0 aromatic carbocycles. The maximum absolute atomic E-state index is 12.3. The van der Waals surface area contributed by atoms with Crippen molar-refractivity contribution in [1.82, 2.24) is 10.2 Å². The van der Waals surface area contributed by atoms with Crippen LogP contribution < -0.4 is 5.32 Å². The van der Waals surface area contributed by atoms with Gasteiger partial charge in [-0.3, -0.25) is 9.59 Å². The number of carbonyl (C=O) groups excluding carboxylic acids is 2. The monoisotopic (exact) mass is 286 g/mol. The van der Waals surface area contributed by atoms with Crippen LogP contribution in [0.25, 0.3) is 0 Å². The van der Waals surface area contributed by atoms with E-state index in [0.717, 1.165) is 24.6 Å². The van der Waals surface area contributed by atoms with Crippen molar-refractivity contribution in [3.63, 3.8) is 0 Å². The number of carboxylic acid groups (broad SMARTS) is 1. The van der Waals surface area contributed by atoms with Crippen molar-refractivity contribution in [3.05, 3.63) is 0 Å². The van der Waals surface area contributed by atoms with Crippen LogP contribution >= 0.6 is 11.8 Å². The smallest absolute Gasteiger partial charge is 0.326 e. The molecule has 2 amide bonds. The molecule has 2 heterocycles. The first-order chi connectivity index (χ1) is 9.02. The SMILES string of the molecule is CCC1CCN(C(=O)C2CSC(=O)N2)C(C(=O)O)C1. The van der Waals surface area contributed by atoms with E-state index in [9.17, 15) is 19.5 Å². The Hall–Kier alpha value is -1.24. The van der Waals surface area contributed by atoms with Crippen LogP contribution in [0.1, 0.15) is 26.2 Å². The van der Waals surface area contributed by atoms with Crippen molar-refractivity contribution in [1.29, 1.82) is 0 Å². The number of aliphatic carboxylic acids is 1. The lowest BCUT2D eigenvalue weighted by atomic mass is 9.88. The Morgan fingerprint density at radius 1 is 1.53 bits per heavy atom. The fourth-order valence-electron chi connectivity index (χ4n) is 2.62. The first-order valence-electron chi connectivity index (χ1n) is 6.49. The van der Waals surface area contributed by atoms with Crippen LogP contribution in [0.2, 0.25) is 0 Å². The summed E-state index contributed by atoms with van der Waals surface area (Å²) >= 11 is 1.07. The van der Waals surface area contributed by atoms with E-state index in [1.807, 2.05) is 6.92 Å². The van der Waals surface area contributed by atoms with Crippen molar-refractivity contribution in [2.45, 2.75) is 38.3 Å². The Kier molecular flexibility index (Phi) is 4.34. The van der Waals surface area contributed by atoms with Gasteiger partial charge in [0, 0.05) is 12.3 Å². The molecule has 0 saturated carbocycles. The molecule has 0 aromatic heterocycles. The van der Waals surface area contributed by atoms with Gasteiger partial charge in [0.05, 0.1) is 0 Å². The maximum Gasteiger partial charge on any atom is 0.326 e. The second-order valence-electron chi connectivity index (χ2n) is 4.98. The Morgan fingerprint density at radius 2 is 2.26 bits per heavy atom. The van der Waals surface area contributed by atoms with Crippen molar-refractivity contribution in [2.24, 2.45) is 5.92 Å². The van der Waals surface area contributed by atoms with Crippen LogP contribution in [0, 0.1) is 5.92 Å². The minimum absolute atomic E-state index is 0.214. The second-order valence-corrected chi connectivity index (χ2v) is 5.97. The zero-order chi connectivity index (χ0) is 14.0. The fraction of sp³-hybridized carbons (Fsp3) is 0.750. The number of hydrogen-bond donors (Lipinski definition) is 2. The van der Waals surface area contributed by atoms with Gasteiger partial charge in [0.25, 0.3) is 5.24 Å². The molecule has 2 saturated heterocycles. The summed E-state index contributed by atoms with van der Waals surface area (Å²) in [4.78, 5) is 36.2. The topological polar surface area (TPSA) is 86.7 Å². The Labute approximate surface area is 115 Å². The summed E-state index contributed by atoms with van der Waals surface area (Å²) in [6.45, 7) is 2.50. The predicted octanol–water partition coefficient (Wildman–Crippen LogP) is 0.913. The molecule has 19 heavy (non-hydrogen) atoms. The molecule has 6 nitrogen and oxygen atoms in total. The van der Waals surface area contributed by atoms with Crippen LogP contribution in [0.5, 0.6) is 0 Å². The summed E-state index contributed by atoms with van der Waals surface area (Å²) < 4.78 is 0. The first kappa shape index (κ1) is 14.2. The van der Waals surface area contributed by atoms with E-state index in [2.05, 4.69) is 5.32 Å². The van der Waals surface area contributed by atoms with Crippen LogP contribution in [0.3, 0.4) is 0 Å².